The molecule has 0 aromatic carbocycles. The Bertz CT molecular complexity index is 406. The molecule has 1 N–H and O–H groups in total. The Morgan fingerprint density at radius 1 is 1.45 bits per heavy atom. The fraction of sp³-hybridized carbons (Fsp3) is 0.812. The first-order valence-electron chi connectivity index (χ1n) is 8.00. The molecule has 1 aromatic heterocycles. The summed E-state index contributed by atoms with van der Waals surface area (Å²) in [6, 6.07) is 0.477. The van der Waals surface area contributed by atoms with Gasteiger partial charge in [-0.05, 0) is 40.3 Å². The Hall–Kier alpha value is -0.870. The van der Waals surface area contributed by atoms with Crippen LogP contribution in [0.1, 0.15) is 45.4 Å². The van der Waals surface area contributed by atoms with Gasteiger partial charge in [0.25, 0.3) is 0 Å². The van der Waals surface area contributed by atoms with Crippen molar-refractivity contribution >= 4 is 0 Å². The monoisotopic (exact) mass is 278 g/mol. The summed E-state index contributed by atoms with van der Waals surface area (Å²) in [5, 5.41) is 3.76. The second-order valence-corrected chi connectivity index (χ2v) is 6.35. The summed E-state index contributed by atoms with van der Waals surface area (Å²) in [6.07, 6.45) is 9.37. The van der Waals surface area contributed by atoms with E-state index in [1.54, 1.807) is 0 Å². The highest BCUT2D eigenvalue weighted by Crippen LogP contribution is 2.33. The molecule has 0 saturated heterocycles. The Morgan fingerprint density at radius 2 is 2.15 bits per heavy atom. The minimum atomic E-state index is 0.382. The minimum absolute atomic E-state index is 0.382. The van der Waals surface area contributed by atoms with Crippen molar-refractivity contribution in [2.75, 3.05) is 20.1 Å². The van der Waals surface area contributed by atoms with Crippen molar-refractivity contribution in [1.82, 2.24) is 19.8 Å². The smallest absolute Gasteiger partial charge is 0.105 e. The van der Waals surface area contributed by atoms with Gasteiger partial charge in [-0.1, -0.05) is 19.8 Å². The summed E-state index contributed by atoms with van der Waals surface area (Å²) in [5.74, 6) is 1.10. The number of nitrogens with one attached hydrogen (secondary N) is 1. The Balaban J connectivity index is 1.88. The predicted molar refractivity (Wildman–Crippen MR) is 83.9 cm³/mol. The van der Waals surface area contributed by atoms with Crippen LogP contribution in [0.15, 0.2) is 12.4 Å². The average molecular weight is 278 g/mol. The van der Waals surface area contributed by atoms with Gasteiger partial charge in [0, 0.05) is 37.1 Å². The second-order valence-electron chi connectivity index (χ2n) is 6.35. The van der Waals surface area contributed by atoms with Gasteiger partial charge in [-0.25, -0.2) is 4.98 Å². The molecule has 0 radical (unpaired) electrons. The first kappa shape index (κ1) is 15.5. The number of hydrogen-bond acceptors (Lipinski definition) is 3. The number of likely N-dealkylation sites (N-methyl/N-ethyl adjacent to an activating group) is 1. The van der Waals surface area contributed by atoms with E-state index >= 15 is 0 Å². The molecular weight excluding hydrogens is 248 g/mol. The van der Waals surface area contributed by atoms with E-state index in [0.717, 1.165) is 25.5 Å². The van der Waals surface area contributed by atoms with Gasteiger partial charge in [0.1, 0.15) is 5.82 Å². The van der Waals surface area contributed by atoms with Crippen molar-refractivity contribution in [2.45, 2.75) is 64.6 Å². The number of imidazole rings is 1. The van der Waals surface area contributed by atoms with Gasteiger partial charge in [-0.15, -0.1) is 0 Å². The van der Waals surface area contributed by atoms with Crippen LogP contribution in [-0.2, 0) is 6.54 Å². The molecular formula is C16H30N4. The van der Waals surface area contributed by atoms with E-state index in [-0.39, 0.29) is 0 Å². The lowest BCUT2D eigenvalue weighted by Crippen LogP contribution is -2.53. The van der Waals surface area contributed by atoms with Crippen molar-refractivity contribution in [3.8, 4) is 0 Å². The summed E-state index contributed by atoms with van der Waals surface area (Å²) >= 11 is 0. The van der Waals surface area contributed by atoms with Crippen LogP contribution < -0.4 is 5.32 Å². The molecule has 1 aromatic rings. The summed E-state index contributed by atoms with van der Waals surface area (Å²) in [7, 11) is 2.28. The van der Waals surface area contributed by atoms with Gasteiger partial charge in [0.15, 0.2) is 0 Å². The van der Waals surface area contributed by atoms with Gasteiger partial charge in [0.2, 0.25) is 0 Å². The fourth-order valence-electron chi connectivity index (χ4n) is 3.38. The van der Waals surface area contributed by atoms with Crippen molar-refractivity contribution < 1.29 is 0 Å². The van der Waals surface area contributed by atoms with Crippen LogP contribution >= 0.6 is 0 Å². The number of nitrogens with zero attached hydrogens (tertiary/aromatic N) is 3. The van der Waals surface area contributed by atoms with E-state index in [1.807, 2.05) is 6.20 Å². The summed E-state index contributed by atoms with van der Waals surface area (Å²) in [5.41, 5.74) is 0.382. The molecule has 0 bridgehead atoms. The van der Waals surface area contributed by atoms with Crippen LogP contribution in [0.25, 0.3) is 0 Å². The van der Waals surface area contributed by atoms with Crippen LogP contribution in [-0.4, -0.2) is 46.2 Å². The van der Waals surface area contributed by atoms with Crippen LogP contribution in [0.5, 0.6) is 0 Å². The maximum absolute atomic E-state index is 4.29. The summed E-state index contributed by atoms with van der Waals surface area (Å²) in [4.78, 5) is 6.83. The molecule has 1 saturated carbocycles. The first-order valence-corrected chi connectivity index (χ1v) is 8.00. The Morgan fingerprint density at radius 3 is 2.70 bits per heavy atom. The summed E-state index contributed by atoms with van der Waals surface area (Å²) in [6.45, 7) is 9.84. The van der Waals surface area contributed by atoms with Gasteiger partial charge < -0.3 is 9.88 Å². The first-order chi connectivity index (χ1) is 9.57. The van der Waals surface area contributed by atoms with Crippen LogP contribution in [0.4, 0.5) is 0 Å². The van der Waals surface area contributed by atoms with Gasteiger partial charge in [0.05, 0.1) is 0 Å². The molecule has 4 nitrogen and oxygen atoms in total. The molecule has 0 spiro atoms. The Labute approximate surface area is 123 Å². The van der Waals surface area contributed by atoms with Gasteiger partial charge in [-0.3, -0.25) is 4.90 Å². The third-order valence-corrected chi connectivity index (χ3v) is 4.99. The van der Waals surface area contributed by atoms with Crippen LogP contribution in [0.3, 0.4) is 0 Å². The zero-order chi connectivity index (χ0) is 14.6. The third-order valence-electron chi connectivity index (χ3n) is 4.99. The predicted octanol–water partition coefficient (Wildman–Crippen LogP) is 2.43. The number of aromatic nitrogens is 2. The van der Waals surface area contributed by atoms with E-state index in [2.05, 4.69) is 53.8 Å². The normalized spacial score (nSPS) is 19.6. The SMILES string of the molecule is CCN(C)C1(CNC(C)Cn2ccnc2C)CCCC1. The van der Waals surface area contributed by atoms with Crippen LogP contribution in [0, 0.1) is 6.92 Å². The lowest BCUT2D eigenvalue weighted by atomic mass is 9.95. The molecule has 1 aliphatic rings. The molecule has 0 amide bonds. The highest BCUT2D eigenvalue weighted by atomic mass is 15.2. The number of aryl methyl sites for hydroxylation is 1. The van der Waals surface area contributed by atoms with Gasteiger partial charge in [-0.2, -0.15) is 0 Å². The highest BCUT2D eigenvalue weighted by Gasteiger charge is 2.36. The topological polar surface area (TPSA) is 33.1 Å². The zero-order valence-corrected chi connectivity index (χ0v) is 13.5. The quantitative estimate of drug-likeness (QED) is 0.831. The Kier molecular flexibility index (Phi) is 5.22. The lowest BCUT2D eigenvalue weighted by Gasteiger charge is -2.39. The standard InChI is InChI=1S/C16H30N4/c1-5-19(4)16(8-6-7-9-16)13-18-14(2)12-20-11-10-17-15(20)3/h10-11,14,18H,5-9,12-13H2,1-4H3. The molecule has 20 heavy (non-hydrogen) atoms. The molecule has 1 atom stereocenters. The molecule has 114 valence electrons. The van der Waals surface area contributed by atoms with E-state index < -0.39 is 0 Å². The highest BCUT2D eigenvalue weighted by molar-refractivity contribution is 4.96. The largest absolute Gasteiger partial charge is 0.334 e. The van der Waals surface area contributed by atoms with E-state index in [9.17, 15) is 0 Å². The second kappa shape index (κ2) is 6.72. The zero-order valence-electron chi connectivity index (χ0n) is 13.5. The molecule has 1 fully saturated rings. The molecule has 1 heterocycles. The van der Waals surface area contributed by atoms with Crippen molar-refractivity contribution in [3.63, 3.8) is 0 Å². The average Bonchev–Trinajstić information content (AvgIpc) is 3.07. The van der Waals surface area contributed by atoms with Crippen LogP contribution in [0.2, 0.25) is 0 Å². The summed E-state index contributed by atoms with van der Waals surface area (Å²) < 4.78 is 2.22. The molecule has 1 aliphatic carbocycles. The minimum Gasteiger partial charge on any atom is -0.334 e. The van der Waals surface area contributed by atoms with Crippen molar-refractivity contribution in [1.29, 1.82) is 0 Å². The molecule has 1 unspecified atom stereocenters. The van der Waals surface area contributed by atoms with E-state index in [0.29, 0.717) is 11.6 Å². The van der Waals surface area contributed by atoms with Gasteiger partial charge >= 0.3 is 0 Å². The molecule has 0 aliphatic heterocycles. The maximum Gasteiger partial charge on any atom is 0.105 e. The fourth-order valence-corrected chi connectivity index (χ4v) is 3.38. The lowest BCUT2D eigenvalue weighted by molar-refractivity contribution is 0.124. The molecule has 4 heteroatoms. The van der Waals surface area contributed by atoms with Crippen molar-refractivity contribution in [2.24, 2.45) is 0 Å². The van der Waals surface area contributed by atoms with Crippen molar-refractivity contribution in [3.05, 3.63) is 18.2 Å². The molecule has 2 rings (SSSR count). The maximum atomic E-state index is 4.29. The van der Waals surface area contributed by atoms with E-state index in [4.69, 9.17) is 0 Å². The third kappa shape index (κ3) is 3.41. The number of rotatable bonds is 7. The van der Waals surface area contributed by atoms with E-state index in [1.165, 1.54) is 25.7 Å². The number of hydrogen-bond donors (Lipinski definition) is 1.